The molecule has 2 aliphatic rings. The third-order valence-corrected chi connectivity index (χ3v) is 5.20. The van der Waals surface area contributed by atoms with Crippen LogP contribution in [-0.4, -0.2) is 34.6 Å². The Balaban J connectivity index is 1.36. The van der Waals surface area contributed by atoms with Gasteiger partial charge >= 0.3 is 5.88 Å². The first-order chi connectivity index (χ1) is 13.0. The van der Waals surface area contributed by atoms with E-state index in [4.69, 9.17) is 10.3 Å². The van der Waals surface area contributed by atoms with Crippen LogP contribution in [-0.2, 0) is 0 Å². The number of benzene rings is 1. The van der Waals surface area contributed by atoms with Gasteiger partial charge in [0, 0.05) is 19.4 Å². The molecule has 2 aromatic rings. The van der Waals surface area contributed by atoms with Crippen LogP contribution in [0.4, 0.5) is 5.88 Å². The maximum absolute atomic E-state index is 12.5. The first kappa shape index (κ1) is 17.2. The quantitative estimate of drug-likeness (QED) is 0.357. The zero-order valence-electron chi connectivity index (χ0n) is 14.6. The van der Waals surface area contributed by atoms with Crippen molar-refractivity contribution in [2.24, 2.45) is 16.6 Å². The summed E-state index contributed by atoms with van der Waals surface area (Å²) < 4.78 is 6.63. The Morgan fingerprint density at radius 1 is 1.22 bits per heavy atom. The van der Waals surface area contributed by atoms with Crippen molar-refractivity contribution in [3.05, 3.63) is 41.6 Å². The zero-order chi connectivity index (χ0) is 19.0. The maximum Gasteiger partial charge on any atom is 0.322 e. The number of imide groups is 1. The van der Waals surface area contributed by atoms with E-state index in [-0.39, 0.29) is 29.7 Å². The number of hydrogen-bond acceptors (Lipinski definition) is 6. The van der Waals surface area contributed by atoms with Crippen LogP contribution in [0.25, 0.3) is 0 Å². The molecular weight excluding hydrogens is 350 g/mol. The third-order valence-electron chi connectivity index (χ3n) is 5.20. The monoisotopic (exact) mass is 369 g/mol. The molecular formula is C18H19N5O4. The minimum absolute atomic E-state index is 0.0793. The molecule has 27 heavy (non-hydrogen) atoms. The first-order valence-corrected chi connectivity index (χ1v) is 8.87. The Morgan fingerprint density at radius 3 is 2.44 bits per heavy atom. The lowest BCUT2D eigenvalue weighted by Crippen LogP contribution is -2.44. The Bertz CT molecular complexity index is 875. The molecule has 2 heterocycles. The average molecular weight is 369 g/mol. The highest BCUT2D eigenvalue weighted by atomic mass is 16.5. The van der Waals surface area contributed by atoms with Crippen LogP contribution in [0.1, 0.15) is 52.4 Å². The predicted octanol–water partition coefficient (Wildman–Crippen LogP) is 0.296. The highest BCUT2D eigenvalue weighted by Gasteiger charge is 2.38. The number of amides is 2. The van der Waals surface area contributed by atoms with Crippen LogP contribution in [0.5, 0.6) is 0 Å². The fourth-order valence-electron chi connectivity index (χ4n) is 3.83. The van der Waals surface area contributed by atoms with Crippen molar-refractivity contribution in [1.82, 2.24) is 10.2 Å². The summed E-state index contributed by atoms with van der Waals surface area (Å²) in [7, 11) is 0. The van der Waals surface area contributed by atoms with Crippen molar-refractivity contribution >= 4 is 23.7 Å². The lowest BCUT2D eigenvalue weighted by atomic mass is 9.85. The number of rotatable bonds is 4. The Labute approximate surface area is 155 Å². The second-order valence-corrected chi connectivity index (χ2v) is 6.91. The third kappa shape index (κ3) is 3.27. The van der Waals surface area contributed by atoms with Gasteiger partial charge in [-0.25, -0.2) is 4.99 Å². The molecule has 1 fully saturated rings. The smallest absolute Gasteiger partial charge is 0.322 e. The topological polar surface area (TPSA) is 129 Å². The lowest BCUT2D eigenvalue weighted by molar-refractivity contribution is -0.787. The largest absolute Gasteiger partial charge is 0.846 e. The Morgan fingerprint density at radius 2 is 1.85 bits per heavy atom. The predicted molar refractivity (Wildman–Crippen MR) is 90.8 cm³/mol. The number of nitrogens with two attached hydrogens (primary N) is 1. The van der Waals surface area contributed by atoms with Gasteiger partial charge in [0.25, 0.3) is 18.0 Å². The van der Waals surface area contributed by atoms with Crippen molar-refractivity contribution in [3.63, 3.8) is 0 Å². The van der Waals surface area contributed by atoms with Gasteiger partial charge in [-0.15, -0.1) is 0 Å². The second-order valence-electron chi connectivity index (χ2n) is 6.91. The molecule has 0 unspecified atom stereocenters. The van der Waals surface area contributed by atoms with Gasteiger partial charge in [-0.2, -0.15) is 0 Å². The number of amidine groups is 1. The minimum atomic E-state index is -0.831. The molecule has 1 aromatic carbocycles. The van der Waals surface area contributed by atoms with Gasteiger partial charge in [0.05, 0.1) is 17.1 Å². The number of aromatic nitrogens is 2. The van der Waals surface area contributed by atoms with E-state index >= 15 is 0 Å². The Hall–Kier alpha value is -3.23. The van der Waals surface area contributed by atoms with Crippen molar-refractivity contribution in [3.8, 4) is 0 Å². The van der Waals surface area contributed by atoms with Crippen molar-refractivity contribution in [1.29, 1.82) is 0 Å². The molecule has 9 nitrogen and oxygen atoms in total. The van der Waals surface area contributed by atoms with E-state index < -0.39 is 6.02 Å². The van der Waals surface area contributed by atoms with E-state index in [1.165, 1.54) is 4.90 Å². The number of fused-ring (bicyclic) bond motifs is 1. The van der Waals surface area contributed by atoms with Gasteiger partial charge in [0.1, 0.15) is 0 Å². The van der Waals surface area contributed by atoms with Crippen molar-refractivity contribution in [2.75, 3.05) is 6.54 Å². The summed E-state index contributed by atoms with van der Waals surface area (Å²) in [5, 5.41) is 14.7. The summed E-state index contributed by atoms with van der Waals surface area (Å²) in [6.45, 7) is 0.435. The molecule has 2 amide bonds. The molecule has 0 bridgehead atoms. The standard InChI is InChI=1S/C18H19N5O4/c19-18(26)20-15-10-23(21-27-15)12-7-5-11(6-8-12)9-22-16(24)13-3-1-2-4-14(13)17(22)25/h1-4,10-12H,5-9H2,(H2-,19,20,21,26). The number of carbonyl (C=O) groups is 2. The van der Waals surface area contributed by atoms with Gasteiger partial charge in [-0.3, -0.25) is 19.0 Å². The van der Waals surface area contributed by atoms with Crippen molar-refractivity contribution in [2.45, 2.75) is 31.7 Å². The van der Waals surface area contributed by atoms with Gasteiger partial charge in [-0.1, -0.05) is 12.1 Å². The summed E-state index contributed by atoms with van der Waals surface area (Å²) in [6.07, 6.45) is 4.95. The second kappa shape index (κ2) is 6.82. The molecule has 2 N–H and O–H groups in total. The molecule has 9 heteroatoms. The minimum Gasteiger partial charge on any atom is -0.846 e. The van der Waals surface area contributed by atoms with Crippen LogP contribution >= 0.6 is 0 Å². The maximum atomic E-state index is 12.5. The normalized spacial score (nSPS) is 23.0. The molecule has 0 radical (unpaired) electrons. The fourth-order valence-corrected chi connectivity index (χ4v) is 3.83. The van der Waals surface area contributed by atoms with Crippen molar-refractivity contribution < 1.29 is 23.9 Å². The SMILES string of the molecule is N/C([O-])=N/c1c[n+](C2CCC(CN3C(=O)c4ccccc4C3=O)CC2)no1. The van der Waals surface area contributed by atoms with E-state index in [1.807, 2.05) is 0 Å². The molecule has 1 aromatic heterocycles. The lowest BCUT2D eigenvalue weighted by Gasteiger charge is -2.27. The highest BCUT2D eigenvalue weighted by molar-refractivity contribution is 6.21. The summed E-state index contributed by atoms with van der Waals surface area (Å²) >= 11 is 0. The molecule has 1 aliphatic heterocycles. The van der Waals surface area contributed by atoms with E-state index in [0.717, 1.165) is 25.7 Å². The van der Waals surface area contributed by atoms with Gasteiger partial charge in [0.15, 0.2) is 6.04 Å². The fraction of sp³-hybridized carbons (Fsp3) is 0.389. The first-order valence-electron chi connectivity index (χ1n) is 8.87. The van der Waals surface area contributed by atoms with Crippen LogP contribution in [0.3, 0.4) is 0 Å². The molecule has 4 rings (SSSR count). The molecule has 0 saturated heterocycles. The number of hydrogen-bond donors (Lipinski definition) is 1. The van der Waals surface area contributed by atoms with E-state index in [1.54, 1.807) is 35.1 Å². The number of carbonyl (C=O) groups excluding carboxylic acids is 2. The van der Waals surface area contributed by atoms with Gasteiger partial charge < -0.3 is 10.8 Å². The molecule has 0 spiro atoms. The van der Waals surface area contributed by atoms with E-state index in [9.17, 15) is 14.7 Å². The van der Waals surface area contributed by atoms with Crippen LogP contribution < -0.4 is 15.5 Å². The van der Waals surface area contributed by atoms with Crippen LogP contribution in [0, 0.1) is 5.92 Å². The molecule has 140 valence electrons. The summed E-state index contributed by atoms with van der Waals surface area (Å²) in [5.41, 5.74) is 5.97. The Kier molecular flexibility index (Phi) is 4.35. The highest BCUT2D eigenvalue weighted by Crippen LogP contribution is 2.32. The number of aliphatic imine (C=N–C) groups is 1. The van der Waals surface area contributed by atoms with E-state index in [0.29, 0.717) is 17.7 Å². The van der Waals surface area contributed by atoms with E-state index in [2.05, 4.69) is 10.3 Å². The molecule has 0 atom stereocenters. The number of nitrogens with zero attached hydrogens (tertiary/aromatic N) is 4. The summed E-state index contributed by atoms with van der Waals surface area (Å²) in [6, 6.07) is 6.23. The van der Waals surface area contributed by atoms with Gasteiger partial charge in [0.2, 0.25) is 5.27 Å². The average Bonchev–Trinajstić information content (AvgIpc) is 3.21. The molecule has 1 aliphatic carbocycles. The van der Waals surface area contributed by atoms with Gasteiger partial charge in [-0.05, 0) is 35.6 Å². The molecule has 1 saturated carbocycles. The summed E-state index contributed by atoms with van der Waals surface area (Å²) in [5.74, 6) is -0.0796. The van der Waals surface area contributed by atoms with Crippen LogP contribution in [0.2, 0.25) is 0 Å². The zero-order valence-corrected chi connectivity index (χ0v) is 14.6. The van der Waals surface area contributed by atoms with Crippen LogP contribution in [0.15, 0.2) is 40.0 Å². The summed E-state index contributed by atoms with van der Waals surface area (Å²) in [4.78, 5) is 29.8.